The Balaban J connectivity index is 1.32. The first-order valence-electron chi connectivity index (χ1n) is 13.6. The standard InChI is InChI=1S/C23H27F2N9O9P2S2/c1-28-19(26)16-21(29-2)33(8-30-16)22-14(25)17-12(41-22)7-39-45(37,47)43-18-13(24)11(6-38-44(36,46)42-17)40-23(18)34-10-5-3-4-9(20(27)35)15(10)31-32-34/h3-5,8,11-14,17-18,22-23H,2,6-7H2,1H3,(H2,26,28)(H2,27,35)(H,36,46)(H,37,47)/t11?,12-,13-,14-,17-,18-,22-,23-,44?,45?/m1/s1. The van der Waals surface area contributed by atoms with Crippen LogP contribution in [0.3, 0.4) is 0 Å². The van der Waals surface area contributed by atoms with Gasteiger partial charge in [0.05, 0.1) is 30.6 Å². The summed E-state index contributed by atoms with van der Waals surface area (Å²) in [4.78, 5) is 34.8. The number of nitrogens with two attached hydrogens (primary N) is 2. The lowest BCUT2D eigenvalue weighted by Gasteiger charge is -2.26. The normalized spacial score (nSPS) is 36.7. The molecule has 2 aromatic heterocycles. The van der Waals surface area contributed by atoms with Gasteiger partial charge in [-0.25, -0.2) is 28.0 Å². The Hall–Kier alpha value is -2.75. The van der Waals surface area contributed by atoms with Crippen molar-refractivity contribution in [3.8, 4) is 0 Å². The molecule has 1 amide bonds. The fraction of sp³-hybridized carbons (Fsp3) is 0.478. The van der Waals surface area contributed by atoms with Crippen molar-refractivity contribution in [1.29, 1.82) is 0 Å². The monoisotopic (exact) mass is 737 g/mol. The van der Waals surface area contributed by atoms with Gasteiger partial charge in [-0.3, -0.25) is 27.9 Å². The van der Waals surface area contributed by atoms with E-state index < -0.39 is 81.9 Å². The van der Waals surface area contributed by atoms with E-state index in [0.29, 0.717) is 0 Å². The van der Waals surface area contributed by atoms with Crippen molar-refractivity contribution in [3.63, 3.8) is 0 Å². The van der Waals surface area contributed by atoms with Crippen LogP contribution in [0.4, 0.5) is 14.6 Å². The van der Waals surface area contributed by atoms with E-state index in [2.05, 4.69) is 44.2 Å². The van der Waals surface area contributed by atoms with Crippen molar-refractivity contribution in [2.75, 3.05) is 20.3 Å². The molecule has 3 aromatic rings. The summed E-state index contributed by atoms with van der Waals surface area (Å²) in [6.07, 6.45) is -12.3. The van der Waals surface area contributed by atoms with Crippen LogP contribution in [-0.4, -0.2) is 105 Å². The van der Waals surface area contributed by atoms with Crippen molar-refractivity contribution in [2.24, 2.45) is 21.5 Å². The average molecular weight is 738 g/mol. The van der Waals surface area contributed by atoms with Gasteiger partial charge in [0, 0.05) is 7.05 Å². The Bertz CT molecular complexity index is 1850. The predicted octanol–water partition coefficient (Wildman–Crippen LogP) is 1.64. The number of amides is 1. The zero-order valence-corrected chi connectivity index (χ0v) is 27.6. The molecule has 6 rings (SSSR count). The van der Waals surface area contributed by atoms with Crippen LogP contribution in [0.1, 0.15) is 28.5 Å². The van der Waals surface area contributed by atoms with E-state index in [0.717, 1.165) is 4.68 Å². The third-order valence-electron chi connectivity index (χ3n) is 7.53. The Labute approximate surface area is 274 Å². The summed E-state index contributed by atoms with van der Waals surface area (Å²) in [5.74, 6) is -0.791. The Morgan fingerprint density at radius 2 is 1.87 bits per heavy atom. The smallest absolute Gasteiger partial charge is 0.382 e. The number of hydrogen-bond donors (Lipinski definition) is 4. The highest BCUT2D eigenvalue weighted by Crippen LogP contribution is 2.58. The van der Waals surface area contributed by atoms with Crippen molar-refractivity contribution in [2.45, 2.75) is 49.2 Å². The van der Waals surface area contributed by atoms with Crippen LogP contribution in [0.25, 0.3) is 11.0 Å². The molecule has 5 N–H and O–H groups in total. The fourth-order valence-electron chi connectivity index (χ4n) is 5.35. The van der Waals surface area contributed by atoms with Crippen LogP contribution >= 0.6 is 25.8 Å². The van der Waals surface area contributed by atoms with E-state index in [4.69, 9.17) is 50.8 Å². The SMILES string of the molecule is C=Nc1c(C(N)=NC)ncn1[C@@H]1O[C@@H]2COP(O)(=S)O[C@@H]3[C@H](F)C(COP(=O)(S)O[C@H]2[C@H]1F)O[C@H]3n1nnc2c(C(N)=O)cccc21. The number of primary amides is 1. The first kappa shape index (κ1) is 34.1. The number of aliphatic imine (C=N–C) groups is 2. The second-order valence-electron chi connectivity index (χ2n) is 10.4. The van der Waals surface area contributed by atoms with Crippen LogP contribution in [-0.2, 0) is 43.9 Å². The molecular formula is C23H27F2N9O9P2S2. The molecule has 24 heteroatoms. The van der Waals surface area contributed by atoms with Gasteiger partial charge in [-0.05, 0) is 30.7 Å². The van der Waals surface area contributed by atoms with Crippen molar-refractivity contribution in [3.05, 3.63) is 35.8 Å². The van der Waals surface area contributed by atoms with Crippen LogP contribution in [0, 0.1) is 0 Å². The fourth-order valence-corrected chi connectivity index (χ4v) is 8.24. The minimum atomic E-state index is -4.47. The molecule has 0 radical (unpaired) electrons. The number of nitrogens with zero attached hydrogens (tertiary/aromatic N) is 7. The summed E-state index contributed by atoms with van der Waals surface area (Å²) in [6, 6.07) is 4.43. The maximum absolute atomic E-state index is 16.1. The minimum Gasteiger partial charge on any atom is -0.382 e. The van der Waals surface area contributed by atoms with E-state index in [-0.39, 0.29) is 33.9 Å². The Morgan fingerprint density at radius 3 is 2.57 bits per heavy atom. The second-order valence-corrected chi connectivity index (χ2v) is 16.0. The number of aromatic nitrogens is 5. The maximum atomic E-state index is 16.1. The zero-order chi connectivity index (χ0) is 33.8. The number of amidine groups is 1. The molecular weight excluding hydrogens is 710 g/mol. The molecule has 3 aliphatic heterocycles. The van der Waals surface area contributed by atoms with Crippen molar-refractivity contribution in [1.82, 2.24) is 24.5 Å². The number of hydrogen-bond acceptors (Lipinski definition) is 14. The molecule has 1 aromatic carbocycles. The number of benzene rings is 1. The van der Waals surface area contributed by atoms with E-state index in [9.17, 15) is 14.3 Å². The van der Waals surface area contributed by atoms with E-state index in [1.807, 2.05) is 0 Å². The van der Waals surface area contributed by atoms with Gasteiger partial charge in [-0.1, -0.05) is 23.5 Å². The zero-order valence-electron chi connectivity index (χ0n) is 24.1. The van der Waals surface area contributed by atoms with Crippen LogP contribution < -0.4 is 11.5 Å². The molecule has 3 aliphatic rings. The molecule has 3 fully saturated rings. The summed E-state index contributed by atoms with van der Waals surface area (Å²) in [5.41, 5.74) is 11.7. The molecule has 10 atom stereocenters. The van der Waals surface area contributed by atoms with Gasteiger partial charge in [-0.2, -0.15) is 0 Å². The van der Waals surface area contributed by atoms with Gasteiger partial charge in [0.2, 0.25) is 0 Å². The second kappa shape index (κ2) is 12.9. The van der Waals surface area contributed by atoms with E-state index in [1.54, 1.807) is 0 Å². The molecule has 2 bridgehead atoms. The molecule has 3 saturated heterocycles. The molecule has 3 unspecified atom stereocenters. The van der Waals surface area contributed by atoms with E-state index >= 15 is 8.78 Å². The summed E-state index contributed by atoms with van der Waals surface area (Å²) >= 11 is 9.16. The number of imidazole rings is 1. The van der Waals surface area contributed by atoms with Crippen LogP contribution in [0.5, 0.6) is 0 Å². The minimum absolute atomic E-state index is 0.00808. The Morgan fingerprint density at radius 1 is 1.15 bits per heavy atom. The first-order chi connectivity index (χ1) is 22.2. The number of carbonyl (C=O) groups is 1. The summed E-state index contributed by atoms with van der Waals surface area (Å²) in [6.45, 7) is -6.80. The largest absolute Gasteiger partial charge is 0.386 e. The number of thiol groups is 1. The van der Waals surface area contributed by atoms with Crippen LogP contribution in [0.2, 0.25) is 0 Å². The van der Waals surface area contributed by atoms with Gasteiger partial charge in [0.15, 0.2) is 30.6 Å². The molecule has 18 nitrogen and oxygen atoms in total. The summed E-state index contributed by atoms with van der Waals surface area (Å²) in [5, 5.41) is 7.95. The molecule has 0 spiro atoms. The van der Waals surface area contributed by atoms with E-state index in [1.165, 1.54) is 36.1 Å². The number of carbonyl (C=O) groups excluding carboxylic acids is 1. The number of rotatable bonds is 5. The number of alkyl halides is 2. The summed E-state index contributed by atoms with van der Waals surface area (Å²) in [7, 11) is 1.42. The van der Waals surface area contributed by atoms with Gasteiger partial charge in [-0.15, -0.1) is 5.10 Å². The highest BCUT2D eigenvalue weighted by molar-refractivity contribution is 8.44. The highest BCUT2D eigenvalue weighted by atomic mass is 32.7. The quantitative estimate of drug-likeness (QED) is 0.126. The third-order valence-corrected chi connectivity index (χ3v) is 10.7. The first-order valence-corrected chi connectivity index (χ1v) is 18.8. The molecule has 254 valence electrons. The van der Waals surface area contributed by atoms with Gasteiger partial charge >= 0.3 is 13.5 Å². The lowest BCUT2D eigenvalue weighted by Crippen LogP contribution is -2.34. The van der Waals surface area contributed by atoms with Crippen molar-refractivity contribution < 1.29 is 50.6 Å². The van der Waals surface area contributed by atoms with Gasteiger partial charge in [0.1, 0.15) is 41.5 Å². The maximum Gasteiger partial charge on any atom is 0.386 e. The lowest BCUT2D eigenvalue weighted by atomic mass is 10.1. The topological polar surface area (TPSA) is 235 Å². The van der Waals surface area contributed by atoms with Crippen molar-refractivity contribution >= 4 is 72.9 Å². The molecule has 0 aliphatic carbocycles. The van der Waals surface area contributed by atoms with Gasteiger partial charge in [0.25, 0.3) is 5.91 Å². The highest BCUT2D eigenvalue weighted by Gasteiger charge is 2.54. The Kier molecular flexibility index (Phi) is 9.39. The van der Waals surface area contributed by atoms with Gasteiger partial charge < -0.3 is 30.4 Å². The number of ether oxygens (including phenoxy) is 2. The predicted molar refractivity (Wildman–Crippen MR) is 166 cm³/mol. The number of fused-ring (bicyclic) bond motifs is 4. The number of halogens is 2. The molecule has 47 heavy (non-hydrogen) atoms. The molecule has 0 saturated carbocycles. The van der Waals surface area contributed by atoms with Crippen LogP contribution in [0.15, 0.2) is 34.5 Å². The lowest BCUT2D eigenvalue weighted by molar-refractivity contribution is -0.0625. The molecule has 5 heterocycles. The average Bonchev–Trinajstić information content (AvgIpc) is 3.79. The summed E-state index contributed by atoms with van der Waals surface area (Å²) < 4.78 is 81.2. The third kappa shape index (κ3) is 6.40.